The molecule has 0 N–H and O–H groups in total. The number of hydrogen-bond acceptors (Lipinski definition) is 1. The summed E-state index contributed by atoms with van der Waals surface area (Å²) in [6.07, 6.45) is 9.86. The molecule has 2 atom stereocenters. The Balaban J connectivity index is 1.65. The fraction of sp³-hybridized carbons (Fsp3) is 0.944. The maximum atomic E-state index is 13.4. The molecule has 5 fully saturated rings. The van der Waals surface area contributed by atoms with Gasteiger partial charge in [-0.05, 0) is 68.1 Å². The van der Waals surface area contributed by atoms with E-state index in [1.165, 1.54) is 32.1 Å². The molecule has 2 unspecified atom stereocenters. The highest BCUT2D eigenvalue weighted by Crippen LogP contribution is 2.70. The van der Waals surface area contributed by atoms with Crippen LogP contribution in [0, 0.1) is 22.2 Å². The summed E-state index contributed by atoms with van der Waals surface area (Å²) in [5, 5.41) is 0. The summed E-state index contributed by atoms with van der Waals surface area (Å²) in [6, 6.07) is 0.505. The van der Waals surface area contributed by atoms with Gasteiger partial charge >= 0.3 is 0 Å². The molecule has 0 aliphatic heterocycles. The van der Waals surface area contributed by atoms with Gasteiger partial charge in [0.2, 0.25) is 5.91 Å². The first-order valence-corrected chi connectivity index (χ1v) is 9.28. The maximum Gasteiger partial charge on any atom is 0.229 e. The lowest BCUT2D eigenvalue weighted by Crippen LogP contribution is -2.60. The van der Waals surface area contributed by atoms with Gasteiger partial charge in [0.1, 0.15) is 0 Å². The molecule has 0 heterocycles. The predicted octanol–water partition coefficient (Wildman–Crippen LogP) is 4.21. The van der Waals surface area contributed by atoms with E-state index in [1.54, 1.807) is 0 Å². The van der Waals surface area contributed by atoms with E-state index in [9.17, 15) is 4.79 Å². The SMILES string of the molecule is CC12CC3CC(C)(C1)CC(C(=O)N(CCCl)C1CC1)(C3)C2. The van der Waals surface area contributed by atoms with E-state index in [-0.39, 0.29) is 5.41 Å². The molecule has 2 nitrogen and oxygen atoms in total. The van der Waals surface area contributed by atoms with Crippen molar-refractivity contribution < 1.29 is 4.79 Å². The van der Waals surface area contributed by atoms with Gasteiger partial charge in [-0.15, -0.1) is 11.6 Å². The standard InChI is InChI=1S/C18H28ClNO/c1-16-7-13-8-17(2,10-16)12-18(9-13,11-16)15(21)20(6-5-19)14-3-4-14/h13-14H,3-12H2,1-2H3. The summed E-state index contributed by atoms with van der Waals surface area (Å²) < 4.78 is 0. The van der Waals surface area contributed by atoms with Crippen molar-refractivity contribution in [2.24, 2.45) is 22.2 Å². The van der Waals surface area contributed by atoms with Crippen molar-refractivity contribution in [2.45, 2.75) is 71.3 Å². The molecule has 5 aliphatic rings. The van der Waals surface area contributed by atoms with Gasteiger partial charge in [0.05, 0.1) is 5.41 Å². The van der Waals surface area contributed by atoms with Crippen molar-refractivity contribution in [1.29, 1.82) is 0 Å². The minimum absolute atomic E-state index is 0.0441. The number of alkyl halides is 1. The summed E-state index contributed by atoms with van der Waals surface area (Å²) in [6.45, 7) is 5.65. The van der Waals surface area contributed by atoms with Gasteiger partial charge in [0, 0.05) is 18.5 Å². The topological polar surface area (TPSA) is 20.3 Å². The molecular weight excluding hydrogens is 282 g/mol. The molecule has 0 aromatic carbocycles. The quantitative estimate of drug-likeness (QED) is 0.712. The predicted molar refractivity (Wildman–Crippen MR) is 85.3 cm³/mol. The Hall–Kier alpha value is -0.240. The summed E-state index contributed by atoms with van der Waals surface area (Å²) in [7, 11) is 0. The lowest BCUT2D eigenvalue weighted by atomic mass is 9.40. The van der Waals surface area contributed by atoms with E-state index in [4.69, 9.17) is 11.6 Å². The van der Waals surface area contributed by atoms with Gasteiger partial charge in [-0.25, -0.2) is 0 Å². The highest BCUT2D eigenvalue weighted by atomic mass is 35.5. The zero-order valence-electron chi connectivity index (χ0n) is 13.5. The lowest BCUT2D eigenvalue weighted by molar-refractivity contribution is -0.179. The Bertz CT molecular complexity index is 454. The maximum absolute atomic E-state index is 13.4. The van der Waals surface area contributed by atoms with Gasteiger partial charge < -0.3 is 4.90 Å². The van der Waals surface area contributed by atoms with Gasteiger partial charge in [-0.3, -0.25) is 4.79 Å². The zero-order chi connectivity index (χ0) is 14.9. The van der Waals surface area contributed by atoms with Crippen LogP contribution in [-0.4, -0.2) is 29.3 Å². The van der Waals surface area contributed by atoms with E-state index in [0.717, 1.165) is 31.7 Å². The third-order valence-corrected chi connectivity index (χ3v) is 6.82. The molecule has 3 heteroatoms. The van der Waals surface area contributed by atoms with Gasteiger partial charge in [0.25, 0.3) is 0 Å². The van der Waals surface area contributed by atoms with Crippen LogP contribution in [-0.2, 0) is 4.79 Å². The molecule has 21 heavy (non-hydrogen) atoms. The van der Waals surface area contributed by atoms with Crippen molar-refractivity contribution in [1.82, 2.24) is 4.90 Å². The fourth-order valence-corrected chi connectivity index (χ4v) is 7.10. The highest BCUT2D eigenvalue weighted by Gasteiger charge is 2.63. The third kappa shape index (κ3) is 2.24. The van der Waals surface area contributed by atoms with Crippen molar-refractivity contribution in [3.8, 4) is 0 Å². The normalized spacial score (nSPS) is 47.7. The van der Waals surface area contributed by atoms with Crippen LogP contribution in [0.3, 0.4) is 0 Å². The minimum atomic E-state index is -0.0441. The molecule has 4 bridgehead atoms. The van der Waals surface area contributed by atoms with Crippen LogP contribution in [0.1, 0.15) is 65.2 Å². The van der Waals surface area contributed by atoms with E-state index in [2.05, 4.69) is 18.7 Å². The second-order valence-electron chi connectivity index (χ2n) is 9.33. The molecule has 118 valence electrons. The van der Waals surface area contributed by atoms with Crippen molar-refractivity contribution in [2.75, 3.05) is 12.4 Å². The second kappa shape index (κ2) is 4.40. The monoisotopic (exact) mass is 309 g/mol. The van der Waals surface area contributed by atoms with Crippen LogP contribution >= 0.6 is 11.6 Å². The summed E-state index contributed by atoms with van der Waals surface area (Å²) >= 11 is 5.98. The van der Waals surface area contributed by atoms with E-state index >= 15 is 0 Å². The fourth-order valence-electron chi connectivity index (χ4n) is 6.92. The third-order valence-electron chi connectivity index (χ3n) is 6.65. The first-order chi connectivity index (χ1) is 9.87. The van der Waals surface area contributed by atoms with Crippen LogP contribution in [0.2, 0.25) is 0 Å². The van der Waals surface area contributed by atoms with Crippen LogP contribution in [0.4, 0.5) is 0 Å². The second-order valence-corrected chi connectivity index (χ2v) is 9.71. The number of nitrogens with zero attached hydrogens (tertiary/aromatic N) is 1. The van der Waals surface area contributed by atoms with Crippen molar-refractivity contribution in [3.05, 3.63) is 0 Å². The summed E-state index contributed by atoms with van der Waals surface area (Å²) in [5.74, 6) is 1.83. The number of amides is 1. The van der Waals surface area contributed by atoms with Crippen molar-refractivity contribution >= 4 is 17.5 Å². The van der Waals surface area contributed by atoms with Crippen LogP contribution in [0.25, 0.3) is 0 Å². The Morgan fingerprint density at radius 2 is 1.71 bits per heavy atom. The van der Waals surface area contributed by atoms with Crippen LogP contribution < -0.4 is 0 Å². The first-order valence-electron chi connectivity index (χ1n) is 8.74. The number of carbonyl (C=O) groups is 1. The molecular formula is C18H28ClNO. The Kier molecular flexibility index (Phi) is 3.01. The number of hydrogen-bond donors (Lipinski definition) is 0. The molecule has 1 amide bonds. The smallest absolute Gasteiger partial charge is 0.229 e. The largest absolute Gasteiger partial charge is 0.338 e. The first kappa shape index (κ1) is 14.4. The Morgan fingerprint density at radius 3 is 2.19 bits per heavy atom. The van der Waals surface area contributed by atoms with E-state index < -0.39 is 0 Å². The molecule has 5 aliphatic carbocycles. The van der Waals surface area contributed by atoms with Gasteiger partial charge in [0.15, 0.2) is 0 Å². The molecule has 0 aromatic rings. The number of rotatable bonds is 4. The van der Waals surface area contributed by atoms with Gasteiger partial charge in [-0.2, -0.15) is 0 Å². The lowest BCUT2D eigenvalue weighted by Gasteiger charge is -2.65. The molecule has 0 spiro atoms. The van der Waals surface area contributed by atoms with Crippen LogP contribution in [0.5, 0.6) is 0 Å². The molecule has 0 radical (unpaired) electrons. The minimum Gasteiger partial charge on any atom is -0.338 e. The zero-order valence-corrected chi connectivity index (χ0v) is 14.2. The van der Waals surface area contributed by atoms with E-state index in [0.29, 0.717) is 28.7 Å². The Labute approximate surface area is 133 Å². The van der Waals surface area contributed by atoms with E-state index in [1.807, 2.05) is 0 Å². The average molecular weight is 310 g/mol. The highest BCUT2D eigenvalue weighted by molar-refractivity contribution is 6.18. The number of carbonyl (C=O) groups excluding carboxylic acids is 1. The van der Waals surface area contributed by atoms with Crippen LogP contribution in [0.15, 0.2) is 0 Å². The van der Waals surface area contributed by atoms with Gasteiger partial charge in [-0.1, -0.05) is 13.8 Å². The molecule has 5 rings (SSSR count). The Morgan fingerprint density at radius 1 is 1.10 bits per heavy atom. The molecule has 0 aromatic heterocycles. The van der Waals surface area contributed by atoms with Crippen molar-refractivity contribution in [3.63, 3.8) is 0 Å². The summed E-state index contributed by atoms with van der Waals surface area (Å²) in [4.78, 5) is 15.6. The average Bonchev–Trinajstić information content (AvgIpc) is 3.14. The molecule has 0 saturated heterocycles. The molecule has 5 saturated carbocycles. The summed E-state index contributed by atoms with van der Waals surface area (Å²) in [5.41, 5.74) is 0.789. The number of halogens is 1.